The normalized spacial score (nSPS) is 17.4. The lowest BCUT2D eigenvalue weighted by molar-refractivity contribution is -0.143. The van der Waals surface area contributed by atoms with E-state index in [9.17, 15) is 9.59 Å². The van der Waals surface area contributed by atoms with Crippen LogP contribution in [0.15, 0.2) is 24.3 Å². The fourth-order valence-corrected chi connectivity index (χ4v) is 3.05. The molecule has 1 unspecified atom stereocenters. The van der Waals surface area contributed by atoms with Crippen molar-refractivity contribution >= 4 is 11.9 Å². The maximum Gasteiger partial charge on any atom is 0.320 e. The lowest BCUT2D eigenvalue weighted by atomic mass is 10.1. The van der Waals surface area contributed by atoms with Gasteiger partial charge in [0.05, 0.1) is 6.54 Å². The molecular formula is C19H29N3O3. The smallest absolute Gasteiger partial charge is 0.320 e. The molecular weight excluding hydrogens is 318 g/mol. The zero-order chi connectivity index (χ0) is 18.4. The molecule has 0 bridgehead atoms. The molecule has 1 aliphatic heterocycles. The highest BCUT2D eigenvalue weighted by molar-refractivity contribution is 5.80. The average molecular weight is 347 g/mol. The highest BCUT2D eigenvalue weighted by Crippen LogP contribution is 2.13. The molecule has 1 heterocycles. The van der Waals surface area contributed by atoms with E-state index in [1.54, 1.807) is 18.9 Å². The largest absolute Gasteiger partial charge is 0.480 e. The number of carboxylic acids is 1. The molecule has 0 saturated carbocycles. The molecule has 1 aliphatic rings. The molecule has 1 N–H and O–H groups in total. The Morgan fingerprint density at radius 1 is 1.20 bits per heavy atom. The lowest BCUT2D eigenvalue weighted by Gasteiger charge is -2.26. The maximum absolute atomic E-state index is 12.5. The van der Waals surface area contributed by atoms with Gasteiger partial charge in [-0.3, -0.25) is 19.4 Å². The van der Waals surface area contributed by atoms with Gasteiger partial charge in [-0.2, -0.15) is 0 Å². The van der Waals surface area contributed by atoms with Crippen LogP contribution in [0, 0.1) is 6.92 Å². The Kier molecular flexibility index (Phi) is 6.96. The van der Waals surface area contributed by atoms with Gasteiger partial charge in [0.2, 0.25) is 5.91 Å². The predicted octanol–water partition coefficient (Wildman–Crippen LogP) is 1.43. The molecule has 0 aromatic heterocycles. The molecule has 1 aromatic rings. The van der Waals surface area contributed by atoms with Crippen LogP contribution >= 0.6 is 0 Å². The topological polar surface area (TPSA) is 64.1 Å². The zero-order valence-electron chi connectivity index (χ0n) is 15.4. The summed E-state index contributed by atoms with van der Waals surface area (Å²) < 4.78 is 0. The number of carboxylic acid groups (broad SMARTS) is 1. The van der Waals surface area contributed by atoms with Crippen molar-refractivity contribution in [2.45, 2.75) is 32.9 Å². The van der Waals surface area contributed by atoms with Crippen molar-refractivity contribution in [1.82, 2.24) is 14.7 Å². The quantitative estimate of drug-likeness (QED) is 0.843. The number of amides is 1. The Bertz CT molecular complexity index is 605. The van der Waals surface area contributed by atoms with Crippen molar-refractivity contribution in [3.63, 3.8) is 0 Å². The van der Waals surface area contributed by atoms with Gasteiger partial charge in [-0.05, 0) is 38.4 Å². The number of likely N-dealkylation sites (N-methyl/N-ethyl adjacent to an activating group) is 1. The Hall–Kier alpha value is -1.92. The monoisotopic (exact) mass is 347 g/mol. The molecule has 6 heteroatoms. The summed E-state index contributed by atoms with van der Waals surface area (Å²) in [5.74, 6) is -0.899. The van der Waals surface area contributed by atoms with Crippen molar-refractivity contribution in [2.75, 3.05) is 39.8 Å². The SMILES string of the molecule is Cc1ccccc1CN1CCCN(C(=O)CN(C)C(C)C(=O)O)CC1. The number of aryl methyl sites for hydroxylation is 1. The van der Waals surface area contributed by atoms with Crippen molar-refractivity contribution in [3.8, 4) is 0 Å². The third-order valence-electron chi connectivity index (χ3n) is 5.00. The summed E-state index contributed by atoms with van der Waals surface area (Å²) in [4.78, 5) is 29.3. The lowest BCUT2D eigenvalue weighted by Crippen LogP contribution is -2.45. The molecule has 1 aromatic carbocycles. The average Bonchev–Trinajstić information content (AvgIpc) is 2.81. The van der Waals surface area contributed by atoms with Crippen molar-refractivity contribution in [1.29, 1.82) is 0 Å². The van der Waals surface area contributed by atoms with Gasteiger partial charge in [0, 0.05) is 32.7 Å². The molecule has 25 heavy (non-hydrogen) atoms. The molecule has 0 spiro atoms. The van der Waals surface area contributed by atoms with E-state index < -0.39 is 12.0 Å². The standard InChI is InChI=1S/C19H29N3O3/c1-15-7-4-5-8-17(15)13-21-9-6-10-22(12-11-21)18(23)14-20(3)16(2)19(24)25/h4-5,7-8,16H,6,9-14H2,1-3H3,(H,24,25). The first-order valence-electron chi connectivity index (χ1n) is 8.86. The van der Waals surface area contributed by atoms with Crippen molar-refractivity contribution < 1.29 is 14.7 Å². The van der Waals surface area contributed by atoms with Gasteiger partial charge in [-0.25, -0.2) is 0 Å². The second-order valence-electron chi connectivity index (χ2n) is 6.87. The van der Waals surface area contributed by atoms with Gasteiger partial charge in [0.25, 0.3) is 0 Å². The molecule has 1 atom stereocenters. The van der Waals surface area contributed by atoms with Crippen LogP contribution in [0.4, 0.5) is 0 Å². The highest BCUT2D eigenvalue weighted by Gasteiger charge is 2.24. The Morgan fingerprint density at radius 2 is 1.92 bits per heavy atom. The van der Waals surface area contributed by atoms with Crippen molar-refractivity contribution in [3.05, 3.63) is 35.4 Å². The van der Waals surface area contributed by atoms with Crippen LogP contribution in [0.1, 0.15) is 24.5 Å². The first-order valence-corrected chi connectivity index (χ1v) is 8.86. The molecule has 1 fully saturated rings. The molecule has 6 nitrogen and oxygen atoms in total. The fourth-order valence-electron chi connectivity index (χ4n) is 3.05. The van der Waals surface area contributed by atoms with E-state index >= 15 is 0 Å². The third-order valence-corrected chi connectivity index (χ3v) is 5.00. The minimum Gasteiger partial charge on any atom is -0.480 e. The minimum absolute atomic E-state index is 0.00772. The Morgan fingerprint density at radius 3 is 2.60 bits per heavy atom. The molecule has 138 valence electrons. The number of hydrogen-bond acceptors (Lipinski definition) is 4. The van der Waals surface area contributed by atoms with E-state index in [1.807, 2.05) is 4.90 Å². The van der Waals surface area contributed by atoms with Crippen LogP contribution in [-0.4, -0.2) is 77.5 Å². The molecule has 1 amide bonds. The summed E-state index contributed by atoms with van der Waals surface area (Å²) in [6, 6.07) is 7.74. The third kappa shape index (κ3) is 5.54. The summed E-state index contributed by atoms with van der Waals surface area (Å²) in [5, 5.41) is 9.04. The summed E-state index contributed by atoms with van der Waals surface area (Å²) in [6.45, 7) is 8.02. The second kappa shape index (κ2) is 8.97. The van der Waals surface area contributed by atoms with Gasteiger partial charge in [-0.1, -0.05) is 24.3 Å². The maximum atomic E-state index is 12.5. The fraction of sp³-hybridized carbons (Fsp3) is 0.579. The van der Waals surface area contributed by atoms with Gasteiger partial charge < -0.3 is 10.0 Å². The molecule has 0 aliphatic carbocycles. The number of carbonyl (C=O) groups is 2. The number of aliphatic carboxylic acids is 1. The van der Waals surface area contributed by atoms with Crippen LogP contribution in [0.5, 0.6) is 0 Å². The van der Waals surface area contributed by atoms with E-state index in [0.29, 0.717) is 6.54 Å². The second-order valence-corrected chi connectivity index (χ2v) is 6.87. The molecule has 2 rings (SSSR count). The van der Waals surface area contributed by atoms with Gasteiger partial charge >= 0.3 is 5.97 Å². The Balaban J connectivity index is 1.87. The van der Waals surface area contributed by atoms with Gasteiger partial charge in [0.1, 0.15) is 6.04 Å². The first kappa shape index (κ1) is 19.4. The summed E-state index contributed by atoms with van der Waals surface area (Å²) >= 11 is 0. The molecule has 0 radical (unpaired) electrons. The summed E-state index contributed by atoms with van der Waals surface area (Å²) in [6.07, 6.45) is 0.940. The van der Waals surface area contributed by atoms with Crippen LogP contribution in [0.25, 0.3) is 0 Å². The molecule has 1 saturated heterocycles. The van der Waals surface area contributed by atoms with Crippen molar-refractivity contribution in [2.24, 2.45) is 0 Å². The van der Waals surface area contributed by atoms with Crippen LogP contribution in [-0.2, 0) is 16.1 Å². The predicted molar refractivity (Wildman–Crippen MR) is 97.4 cm³/mol. The number of rotatable bonds is 6. The van der Waals surface area contributed by atoms with Crippen LogP contribution in [0.2, 0.25) is 0 Å². The van der Waals surface area contributed by atoms with E-state index in [-0.39, 0.29) is 12.5 Å². The van der Waals surface area contributed by atoms with Gasteiger partial charge in [-0.15, -0.1) is 0 Å². The van der Waals surface area contributed by atoms with E-state index in [0.717, 1.165) is 32.6 Å². The number of carbonyl (C=O) groups excluding carboxylic acids is 1. The number of hydrogen-bond donors (Lipinski definition) is 1. The van der Waals surface area contributed by atoms with Crippen LogP contribution < -0.4 is 0 Å². The van der Waals surface area contributed by atoms with E-state index in [4.69, 9.17) is 5.11 Å². The minimum atomic E-state index is -0.907. The Labute approximate surface area is 150 Å². The highest BCUT2D eigenvalue weighted by atomic mass is 16.4. The number of nitrogens with zero attached hydrogens (tertiary/aromatic N) is 3. The number of benzene rings is 1. The van der Waals surface area contributed by atoms with E-state index in [2.05, 4.69) is 36.1 Å². The van der Waals surface area contributed by atoms with Gasteiger partial charge in [0.15, 0.2) is 0 Å². The van der Waals surface area contributed by atoms with Crippen LogP contribution in [0.3, 0.4) is 0 Å². The summed E-state index contributed by atoms with van der Waals surface area (Å²) in [7, 11) is 1.68. The zero-order valence-corrected chi connectivity index (χ0v) is 15.4. The van der Waals surface area contributed by atoms with E-state index in [1.165, 1.54) is 11.1 Å². The first-order chi connectivity index (χ1) is 11.9. The summed E-state index contributed by atoms with van der Waals surface area (Å²) in [5.41, 5.74) is 2.63.